The second-order valence-electron chi connectivity index (χ2n) is 16.5. The largest absolute Gasteiger partial charge is 0.310 e. The van der Waals surface area contributed by atoms with Crippen LogP contribution in [0, 0.1) is 0 Å². The predicted molar refractivity (Wildman–Crippen MR) is 276 cm³/mol. The highest BCUT2D eigenvalue weighted by Gasteiger charge is 2.16. The van der Waals surface area contributed by atoms with Gasteiger partial charge in [-0.05, 0) is 144 Å². The number of anilines is 3. The Kier molecular flexibility index (Phi) is 9.43. The molecule has 0 aliphatic heterocycles. The molecule has 1 aromatic heterocycles. The van der Waals surface area contributed by atoms with Gasteiger partial charge in [0.25, 0.3) is 0 Å². The third-order valence-electron chi connectivity index (χ3n) is 12.6. The first-order chi connectivity index (χ1) is 31.7. The Balaban J connectivity index is 0.907. The molecule has 0 spiro atoms. The molecule has 0 amide bonds. The molecule has 0 unspecified atom stereocenters. The molecule has 1 nitrogen and oxygen atoms in total. The van der Waals surface area contributed by atoms with Crippen LogP contribution in [0.3, 0.4) is 0 Å². The lowest BCUT2D eigenvalue weighted by atomic mass is 9.97. The van der Waals surface area contributed by atoms with Gasteiger partial charge in [-0.25, -0.2) is 0 Å². The molecule has 1 heterocycles. The Bertz CT molecular complexity index is 3670. The molecular weight excluding hydrogens is 791 g/mol. The summed E-state index contributed by atoms with van der Waals surface area (Å²) >= 11 is 1.88. The first-order valence-corrected chi connectivity index (χ1v) is 22.7. The van der Waals surface area contributed by atoms with E-state index < -0.39 is 0 Å². The highest BCUT2D eigenvalue weighted by Crippen LogP contribution is 2.42. The fourth-order valence-electron chi connectivity index (χ4n) is 9.33. The molecule has 0 saturated heterocycles. The molecule has 11 aromatic carbocycles. The van der Waals surface area contributed by atoms with Crippen LogP contribution >= 0.6 is 11.3 Å². The zero-order chi connectivity index (χ0) is 42.4. The van der Waals surface area contributed by atoms with Gasteiger partial charge in [0, 0.05) is 37.2 Å². The van der Waals surface area contributed by atoms with E-state index in [4.69, 9.17) is 0 Å². The van der Waals surface area contributed by atoms with E-state index in [2.05, 4.69) is 254 Å². The minimum absolute atomic E-state index is 1.09. The summed E-state index contributed by atoms with van der Waals surface area (Å²) < 4.78 is 2.66. The van der Waals surface area contributed by atoms with Gasteiger partial charge in [0.2, 0.25) is 0 Å². The van der Waals surface area contributed by atoms with E-state index in [0.29, 0.717) is 0 Å². The van der Waals surface area contributed by atoms with Crippen molar-refractivity contribution in [1.82, 2.24) is 0 Å². The van der Waals surface area contributed by atoms with Crippen LogP contribution in [0.4, 0.5) is 17.1 Å². The van der Waals surface area contributed by atoms with Gasteiger partial charge in [-0.1, -0.05) is 182 Å². The molecule has 0 aliphatic carbocycles. The summed E-state index contributed by atoms with van der Waals surface area (Å²) in [5, 5.41) is 7.63. The van der Waals surface area contributed by atoms with Gasteiger partial charge >= 0.3 is 0 Å². The van der Waals surface area contributed by atoms with Crippen molar-refractivity contribution in [1.29, 1.82) is 0 Å². The van der Waals surface area contributed by atoms with Crippen molar-refractivity contribution in [2.45, 2.75) is 0 Å². The van der Waals surface area contributed by atoms with Gasteiger partial charge < -0.3 is 4.90 Å². The van der Waals surface area contributed by atoms with Crippen molar-refractivity contribution in [3.8, 4) is 55.6 Å². The lowest BCUT2D eigenvalue weighted by Gasteiger charge is -2.26. The number of nitrogens with zero attached hydrogens (tertiary/aromatic N) is 1. The summed E-state index contributed by atoms with van der Waals surface area (Å²) in [4.78, 5) is 2.38. The van der Waals surface area contributed by atoms with Crippen molar-refractivity contribution >= 4 is 70.1 Å². The van der Waals surface area contributed by atoms with Crippen molar-refractivity contribution in [3.63, 3.8) is 0 Å². The molecule has 0 N–H and O–H groups in total. The van der Waals surface area contributed by atoms with Crippen molar-refractivity contribution in [3.05, 3.63) is 249 Å². The maximum Gasteiger partial charge on any atom is 0.0467 e. The number of thiophene rings is 1. The zero-order valence-corrected chi connectivity index (χ0v) is 35.8. The van der Waals surface area contributed by atoms with Crippen molar-refractivity contribution in [2.75, 3.05) is 4.90 Å². The van der Waals surface area contributed by atoms with E-state index in [9.17, 15) is 0 Å². The summed E-state index contributed by atoms with van der Waals surface area (Å²) in [5.41, 5.74) is 15.3. The average Bonchev–Trinajstić information content (AvgIpc) is 3.76. The zero-order valence-electron chi connectivity index (χ0n) is 35.0. The van der Waals surface area contributed by atoms with E-state index in [1.807, 2.05) is 11.3 Å². The summed E-state index contributed by atoms with van der Waals surface area (Å²) in [5.74, 6) is 0. The van der Waals surface area contributed by atoms with E-state index in [1.54, 1.807) is 0 Å². The predicted octanol–water partition coefficient (Wildman–Crippen LogP) is 18.2. The maximum absolute atomic E-state index is 2.38. The minimum Gasteiger partial charge on any atom is -0.310 e. The van der Waals surface area contributed by atoms with Crippen LogP contribution in [0.5, 0.6) is 0 Å². The highest BCUT2D eigenvalue weighted by atomic mass is 32.1. The molecule has 0 fully saturated rings. The average molecular weight is 832 g/mol. The molecular formula is C62H41NS. The lowest BCUT2D eigenvalue weighted by molar-refractivity contribution is 1.28. The van der Waals surface area contributed by atoms with Crippen LogP contribution in [0.2, 0.25) is 0 Å². The number of fused-ring (bicyclic) bond motifs is 5. The van der Waals surface area contributed by atoms with Gasteiger partial charge in [-0.3, -0.25) is 0 Å². The molecule has 2 heteroatoms. The Morgan fingerprint density at radius 1 is 0.250 bits per heavy atom. The summed E-state index contributed by atoms with van der Waals surface area (Å²) in [7, 11) is 0. The molecule has 0 radical (unpaired) electrons. The first kappa shape index (κ1) is 37.7. The fourth-order valence-corrected chi connectivity index (χ4v) is 10.6. The second-order valence-corrected chi connectivity index (χ2v) is 17.6. The summed E-state index contributed by atoms with van der Waals surface area (Å²) in [6.07, 6.45) is 0. The number of hydrogen-bond acceptors (Lipinski definition) is 2. The minimum atomic E-state index is 1.09. The molecule has 0 aliphatic rings. The van der Waals surface area contributed by atoms with Gasteiger partial charge in [-0.15, -0.1) is 11.3 Å². The third-order valence-corrected chi connectivity index (χ3v) is 13.8. The fraction of sp³-hybridized carbons (Fsp3) is 0. The SMILES string of the molecule is c1cc(-c2ccc(N(c3ccc(-c4cccc(-c5cccc6c5sc5ccccc56)c4)cc3)c3cccc(-c4ccc5ccccc5c4)c3)cc2)cc(-c2ccc3ccccc3c2)c1. The summed E-state index contributed by atoms with van der Waals surface area (Å²) in [6, 6.07) is 90.9. The molecule has 12 aromatic rings. The van der Waals surface area contributed by atoms with E-state index in [1.165, 1.54) is 97.4 Å². The molecule has 0 saturated carbocycles. The topological polar surface area (TPSA) is 3.24 Å². The molecule has 0 bridgehead atoms. The van der Waals surface area contributed by atoms with Gasteiger partial charge in [0.1, 0.15) is 0 Å². The van der Waals surface area contributed by atoms with Crippen LogP contribution in [0.15, 0.2) is 249 Å². The molecule has 0 atom stereocenters. The lowest BCUT2D eigenvalue weighted by Crippen LogP contribution is -2.10. The Labute approximate surface area is 377 Å². The number of hydrogen-bond donors (Lipinski definition) is 0. The normalized spacial score (nSPS) is 11.4. The van der Waals surface area contributed by atoms with Crippen LogP contribution in [0.1, 0.15) is 0 Å². The summed E-state index contributed by atoms with van der Waals surface area (Å²) in [6.45, 7) is 0. The quantitative estimate of drug-likeness (QED) is 0.147. The van der Waals surface area contributed by atoms with Gasteiger partial charge in [-0.2, -0.15) is 0 Å². The molecule has 64 heavy (non-hydrogen) atoms. The van der Waals surface area contributed by atoms with Crippen LogP contribution in [-0.4, -0.2) is 0 Å². The van der Waals surface area contributed by atoms with Crippen LogP contribution in [0.25, 0.3) is 97.4 Å². The third kappa shape index (κ3) is 7.01. The van der Waals surface area contributed by atoms with E-state index in [0.717, 1.165) is 17.1 Å². The monoisotopic (exact) mass is 831 g/mol. The Hall–Kier alpha value is -8.04. The Morgan fingerprint density at radius 2 is 0.688 bits per heavy atom. The first-order valence-electron chi connectivity index (χ1n) is 21.9. The van der Waals surface area contributed by atoms with E-state index >= 15 is 0 Å². The molecule has 300 valence electrons. The van der Waals surface area contributed by atoms with Crippen molar-refractivity contribution in [2.24, 2.45) is 0 Å². The number of rotatable bonds is 8. The van der Waals surface area contributed by atoms with Crippen molar-refractivity contribution < 1.29 is 0 Å². The van der Waals surface area contributed by atoms with Gasteiger partial charge in [0.15, 0.2) is 0 Å². The highest BCUT2D eigenvalue weighted by molar-refractivity contribution is 7.26. The standard InChI is InChI=1S/C62H41NS/c1-3-13-46-38-52(27-25-42(46)11-1)50-17-7-15-48(37-50)44-29-33-55(34-30-44)63(57-20-9-18-51(41-57)53-28-26-43-12-2-4-14-47(43)39-53)56-35-31-45(32-36-56)49-16-8-19-54(40-49)58-22-10-23-60-59-21-5-6-24-61(59)64-62(58)60/h1-41H. The second kappa shape index (κ2) is 16.0. The van der Waals surface area contributed by atoms with Crippen LogP contribution < -0.4 is 4.90 Å². The van der Waals surface area contributed by atoms with Crippen LogP contribution in [-0.2, 0) is 0 Å². The smallest absolute Gasteiger partial charge is 0.0467 e. The Morgan fingerprint density at radius 3 is 1.31 bits per heavy atom. The molecule has 12 rings (SSSR count). The maximum atomic E-state index is 2.38. The van der Waals surface area contributed by atoms with E-state index in [-0.39, 0.29) is 0 Å². The number of benzene rings is 11. The van der Waals surface area contributed by atoms with Gasteiger partial charge in [0.05, 0.1) is 0 Å².